The zero-order valence-corrected chi connectivity index (χ0v) is 11.8. The van der Waals surface area contributed by atoms with E-state index in [4.69, 9.17) is 10.2 Å². The van der Waals surface area contributed by atoms with Gasteiger partial charge in [0.15, 0.2) is 5.58 Å². The number of nitrogens with zero attached hydrogens (tertiary/aromatic N) is 1. The van der Waals surface area contributed by atoms with Gasteiger partial charge >= 0.3 is 5.76 Å². The van der Waals surface area contributed by atoms with Gasteiger partial charge in [-0.1, -0.05) is 19.3 Å². The number of nitrogens with one attached hydrogen (secondary N) is 1. The summed E-state index contributed by atoms with van der Waals surface area (Å²) in [5.41, 5.74) is 8.91. The fraction of sp³-hybridized carbons (Fsp3) is 0.533. The van der Waals surface area contributed by atoms with E-state index in [0.29, 0.717) is 16.8 Å². The molecule has 0 saturated heterocycles. The molecule has 1 aromatic heterocycles. The summed E-state index contributed by atoms with van der Waals surface area (Å²) in [7, 11) is 2.06. The van der Waals surface area contributed by atoms with E-state index in [1.807, 2.05) is 6.07 Å². The molecule has 5 nitrogen and oxygen atoms in total. The molecule has 5 heteroatoms. The quantitative estimate of drug-likeness (QED) is 0.844. The van der Waals surface area contributed by atoms with Crippen LogP contribution in [0.5, 0.6) is 0 Å². The van der Waals surface area contributed by atoms with Crippen LogP contribution in [0.4, 0.5) is 11.4 Å². The summed E-state index contributed by atoms with van der Waals surface area (Å²) in [5.74, 6) is 0.304. The van der Waals surface area contributed by atoms with Gasteiger partial charge in [0.2, 0.25) is 0 Å². The Bertz CT molecular complexity index is 653. The first-order chi connectivity index (χ1) is 9.63. The predicted molar refractivity (Wildman–Crippen MR) is 81.1 cm³/mol. The molecule has 1 saturated carbocycles. The lowest BCUT2D eigenvalue weighted by molar-refractivity contribution is 0.362. The molecule has 0 amide bonds. The van der Waals surface area contributed by atoms with Crippen molar-refractivity contribution in [2.24, 2.45) is 5.92 Å². The van der Waals surface area contributed by atoms with E-state index in [9.17, 15) is 4.79 Å². The first kappa shape index (κ1) is 13.1. The first-order valence-corrected chi connectivity index (χ1v) is 7.27. The Morgan fingerprint density at radius 3 is 2.85 bits per heavy atom. The maximum atomic E-state index is 11.2. The Hall–Kier alpha value is -1.91. The molecule has 1 aliphatic carbocycles. The summed E-state index contributed by atoms with van der Waals surface area (Å²) < 4.78 is 5.02. The molecule has 108 valence electrons. The highest BCUT2D eigenvalue weighted by molar-refractivity contribution is 5.85. The van der Waals surface area contributed by atoms with Gasteiger partial charge in [0.1, 0.15) is 0 Å². The number of nitrogen functional groups attached to an aromatic ring is 1. The number of aromatic amines is 1. The topological polar surface area (TPSA) is 75.3 Å². The minimum absolute atomic E-state index is 0.438. The molecule has 0 bridgehead atoms. The third kappa shape index (κ3) is 2.53. The van der Waals surface area contributed by atoms with Crippen molar-refractivity contribution in [3.8, 4) is 0 Å². The number of fused-ring (bicyclic) bond motifs is 1. The third-order valence-corrected chi connectivity index (χ3v) is 4.24. The van der Waals surface area contributed by atoms with Crippen LogP contribution in [-0.4, -0.2) is 18.6 Å². The van der Waals surface area contributed by atoms with Crippen molar-refractivity contribution in [3.05, 3.63) is 22.7 Å². The fourth-order valence-corrected chi connectivity index (χ4v) is 3.19. The molecule has 1 aromatic carbocycles. The van der Waals surface area contributed by atoms with Crippen LogP contribution in [0.15, 0.2) is 21.3 Å². The van der Waals surface area contributed by atoms with Crippen LogP contribution < -0.4 is 16.4 Å². The summed E-state index contributed by atoms with van der Waals surface area (Å²) in [6, 6.07) is 3.62. The summed E-state index contributed by atoms with van der Waals surface area (Å²) in [6.07, 6.45) is 6.64. The molecule has 1 aliphatic rings. The molecule has 3 rings (SSSR count). The van der Waals surface area contributed by atoms with Gasteiger partial charge in [-0.3, -0.25) is 4.98 Å². The Kier molecular flexibility index (Phi) is 3.42. The number of aromatic nitrogens is 1. The van der Waals surface area contributed by atoms with Crippen LogP contribution in [0, 0.1) is 5.92 Å². The van der Waals surface area contributed by atoms with Crippen molar-refractivity contribution in [1.82, 2.24) is 4.98 Å². The molecule has 3 N–H and O–H groups in total. The lowest BCUT2D eigenvalue weighted by Crippen LogP contribution is -2.27. The van der Waals surface area contributed by atoms with Crippen molar-refractivity contribution in [3.63, 3.8) is 0 Å². The van der Waals surface area contributed by atoms with Crippen molar-refractivity contribution in [1.29, 1.82) is 0 Å². The zero-order chi connectivity index (χ0) is 14.1. The number of hydrogen-bond acceptors (Lipinski definition) is 4. The van der Waals surface area contributed by atoms with E-state index in [2.05, 4.69) is 16.9 Å². The highest BCUT2D eigenvalue weighted by Crippen LogP contribution is 2.30. The summed E-state index contributed by atoms with van der Waals surface area (Å²) in [4.78, 5) is 16.1. The normalized spacial score (nSPS) is 16.6. The number of H-pyrrole nitrogens is 1. The maximum absolute atomic E-state index is 11.2. The van der Waals surface area contributed by atoms with E-state index in [1.165, 1.54) is 32.1 Å². The number of rotatable bonds is 3. The molecule has 1 fully saturated rings. The third-order valence-electron chi connectivity index (χ3n) is 4.24. The Labute approximate surface area is 117 Å². The molecule has 0 aliphatic heterocycles. The average Bonchev–Trinajstić information content (AvgIpc) is 2.78. The standard InChI is InChI=1S/C15H21N3O2/c1-18(9-10-5-3-2-4-6-10)13-8-12-14(7-11(13)16)20-15(19)17-12/h7-8,10H,2-6,9,16H2,1H3,(H,17,19). The maximum Gasteiger partial charge on any atom is 0.417 e. The molecule has 0 unspecified atom stereocenters. The van der Waals surface area contributed by atoms with Crippen LogP contribution in [0.2, 0.25) is 0 Å². The van der Waals surface area contributed by atoms with Gasteiger partial charge in [0.05, 0.1) is 16.9 Å². The van der Waals surface area contributed by atoms with Gasteiger partial charge in [-0.05, 0) is 24.8 Å². The summed E-state index contributed by atoms with van der Waals surface area (Å²) in [5, 5.41) is 0. The molecular weight excluding hydrogens is 254 g/mol. The van der Waals surface area contributed by atoms with E-state index >= 15 is 0 Å². The Morgan fingerprint density at radius 1 is 1.35 bits per heavy atom. The van der Waals surface area contributed by atoms with Gasteiger partial charge in [0.25, 0.3) is 0 Å². The lowest BCUT2D eigenvalue weighted by Gasteiger charge is -2.29. The highest BCUT2D eigenvalue weighted by atomic mass is 16.4. The van der Waals surface area contributed by atoms with E-state index in [1.54, 1.807) is 6.07 Å². The highest BCUT2D eigenvalue weighted by Gasteiger charge is 2.17. The molecule has 2 aromatic rings. The smallest absolute Gasteiger partial charge is 0.408 e. The number of oxazole rings is 1. The van der Waals surface area contributed by atoms with Crippen LogP contribution in [0.1, 0.15) is 32.1 Å². The minimum Gasteiger partial charge on any atom is -0.408 e. The van der Waals surface area contributed by atoms with Crippen molar-refractivity contribution in [2.75, 3.05) is 24.2 Å². The zero-order valence-electron chi connectivity index (χ0n) is 11.8. The van der Waals surface area contributed by atoms with E-state index < -0.39 is 5.76 Å². The van der Waals surface area contributed by atoms with Crippen LogP contribution in [0.3, 0.4) is 0 Å². The van der Waals surface area contributed by atoms with Crippen molar-refractivity contribution < 1.29 is 4.42 Å². The van der Waals surface area contributed by atoms with Crippen LogP contribution >= 0.6 is 0 Å². The molecule has 20 heavy (non-hydrogen) atoms. The van der Waals surface area contributed by atoms with E-state index in [0.717, 1.165) is 18.2 Å². The Morgan fingerprint density at radius 2 is 2.10 bits per heavy atom. The van der Waals surface area contributed by atoms with E-state index in [-0.39, 0.29) is 0 Å². The molecule has 0 radical (unpaired) electrons. The average molecular weight is 275 g/mol. The molecule has 0 atom stereocenters. The molecular formula is C15H21N3O2. The lowest BCUT2D eigenvalue weighted by atomic mass is 9.89. The van der Waals surface area contributed by atoms with Crippen molar-refractivity contribution >= 4 is 22.5 Å². The van der Waals surface area contributed by atoms with Crippen LogP contribution in [0.25, 0.3) is 11.1 Å². The predicted octanol–water partition coefficient (Wildman–Crippen LogP) is 2.72. The number of benzene rings is 1. The number of nitrogens with two attached hydrogens (primary N) is 1. The molecule has 0 spiro atoms. The molecule has 1 heterocycles. The van der Waals surface area contributed by atoms with Crippen molar-refractivity contribution in [2.45, 2.75) is 32.1 Å². The SMILES string of the molecule is CN(CC1CCCCC1)c1cc2[nH]c(=O)oc2cc1N. The largest absolute Gasteiger partial charge is 0.417 e. The van der Waals surface area contributed by atoms with Gasteiger partial charge in [0, 0.05) is 19.7 Å². The summed E-state index contributed by atoms with van der Waals surface area (Å²) >= 11 is 0. The monoisotopic (exact) mass is 275 g/mol. The van der Waals surface area contributed by atoms with Gasteiger partial charge in [-0.15, -0.1) is 0 Å². The van der Waals surface area contributed by atoms with Gasteiger partial charge < -0.3 is 15.1 Å². The number of hydrogen-bond donors (Lipinski definition) is 2. The Balaban J connectivity index is 1.84. The van der Waals surface area contributed by atoms with Gasteiger partial charge in [-0.25, -0.2) is 4.79 Å². The minimum atomic E-state index is -0.438. The second kappa shape index (κ2) is 5.23. The van der Waals surface area contributed by atoms with Gasteiger partial charge in [-0.2, -0.15) is 0 Å². The second-order valence-corrected chi connectivity index (χ2v) is 5.81. The fourth-order valence-electron chi connectivity index (χ4n) is 3.19. The first-order valence-electron chi connectivity index (χ1n) is 7.27. The second-order valence-electron chi connectivity index (χ2n) is 5.81. The number of anilines is 2. The summed E-state index contributed by atoms with van der Waals surface area (Å²) in [6.45, 7) is 1.01. The van der Waals surface area contributed by atoms with Crippen LogP contribution in [-0.2, 0) is 0 Å².